The van der Waals surface area contributed by atoms with Crippen molar-refractivity contribution in [2.75, 3.05) is 12.3 Å². The summed E-state index contributed by atoms with van der Waals surface area (Å²) in [5, 5.41) is 0. The molecule has 1 heteroatoms. The highest BCUT2D eigenvalue weighted by atomic mass is 31.1. The van der Waals surface area contributed by atoms with E-state index in [1.54, 1.807) is 25.2 Å². The fraction of sp³-hybridized carbons (Fsp3) is 1.00. The summed E-state index contributed by atoms with van der Waals surface area (Å²) in [4.78, 5) is 0. The summed E-state index contributed by atoms with van der Waals surface area (Å²) in [6.07, 6.45) is 15.2. The fourth-order valence-corrected chi connectivity index (χ4v) is 6.33. The molecule has 1 saturated carbocycles. The Morgan fingerprint density at radius 1 is 1.06 bits per heavy atom. The predicted octanol–water partition coefficient (Wildman–Crippen LogP) is 5.65. The van der Waals surface area contributed by atoms with Gasteiger partial charge in [0.1, 0.15) is 0 Å². The van der Waals surface area contributed by atoms with Crippen LogP contribution in [-0.4, -0.2) is 18.0 Å². The molecule has 0 heterocycles. The summed E-state index contributed by atoms with van der Waals surface area (Å²) in [5.74, 6) is 0.912. The van der Waals surface area contributed by atoms with Gasteiger partial charge in [-0.3, -0.25) is 0 Å². The van der Waals surface area contributed by atoms with Crippen LogP contribution >= 0.6 is 7.92 Å². The minimum Gasteiger partial charge on any atom is -0.104 e. The van der Waals surface area contributed by atoms with Crippen molar-refractivity contribution in [2.45, 2.75) is 77.8 Å². The topological polar surface area (TPSA) is 0 Å². The van der Waals surface area contributed by atoms with Gasteiger partial charge in [-0.1, -0.05) is 46.5 Å². The van der Waals surface area contributed by atoms with Crippen molar-refractivity contribution >= 4 is 7.92 Å². The number of hydrogen-bond donors (Lipinski definition) is 0. The second-order valence-corrected chi connectivity index (χ2v) is 8.67. The zero-order valence-electron chi connectivity index (χ0n) is 11.7. The summed E-state index contributed by atoms with van der Waals surface area (Å²) in [7, 11) is 0.383. The van der Waals surface area contributed by atoms with Gasteiger partial charge in [-0.25, -0.2) is 0 Å². The van der Waals surface area contributed by atoms with Crippen LogP contribution in [0.5, 0.6) is 0 Å². The standard InChI is InChI=1S/C15H31P/c1-4-5-12-16(13-11-14(2)3)15-9-7-6-8-10-15/h14-15H,4-13H2,1-3H3. The van der Waals surface area contributed by atoms with E-state index < -0.39 is 0 Å². The van der Waals surface area contributed by atoms with Crippen molar-refractivity contribution in [3.63, 3.8) is 0 Å². The van der Waals surface area contributed by atoms with E-state index in [-0.39, 0.29) is 0 Å². The highest BCUT2D eigenvalue weighted by Gasteiger charge is 2.22. The Bertz CT molecular complexity index is 159. The van der Waals surface area contributed by atoms with E-state index in [0.29, 0.717) is 7.92 Å². The molecule has 0 aliphatic heterocycles. The van der Waals surface area contributed by atoms with Crippen LogP contribution in [0.2, 0.25) is 0 Å². The van der Waals surface area contributed by atoms with E-state index in [4.69, 9.17) is 0 Å². The molecule has 0 saturated heterocycles. The molecule has 0 N–H and O–H groups in total. The van der Waals surface area contributed by atoms with Crippen LogP contribution in [-0.2, 0) is 0 Å². The van der Waals surface area contributed by atoms with Crippen molar-refractivity contribution in [1.29, 1.82) is 0 Å². The lowest BCUT2D eigenvalue weighted by Crippen LogP contribution is -2.14. The first kappa shape index (κ1) is 14.5. The van der Waals surface area contributed by atoms with Gasteiger partial charge in [-0.05, 0) is 49.6 Å². The van der Waals surface area contributed by atoms with E-state index >= 15 is 0 Å². The summed E-state index contributed by atoms with van der Waals surface area (Å²) < 4.78 is 0. The van der Waals surface area contributed by atoms with Gasteiger partial charge < -0.3 is 0 Å². The molecule has 1 aliphatic carbocycles. The van der Waals surface area contributed by atoms with E-state index in [1.807, 2.05) is 0 Å². The Morgan fingerprint density at radius 3 is 2.31 bits per heavy atom. The largest absolute Gasteiger partial charge is 0.104 e. The molecule has 1 aliphatic rings. The van der Waals surface area contributed by atoms with Gasteiger partial charge in [0.05, 0.1) is 0 Å². The summed E-state index contributed by atoms with van der Waals surface area (Å²) in [5.41, 5.74) is 1.15. The zero-order valence-corrected chi connectivity index (χ0v) is 12.6. The zero-order chi connectivity index (χ0) is 11.8. The molecule has 16 heavy (non-hydrogen) atoms. The average molecular weight is 242 g/mol. The molecule has 1 rings (SSSR count). The van der Waals surface area contributed by atoms with Gasteiger partial charge in [0.2, 0.25) is 0 Å². The Balaban J connectivity index is 2.34. The Hall–Kier alpha value is 0.430. The maximum Gasteiger partial charge on any atom is -0.0209 e. The quantitative estimate of drug-likeness (QED) is 0.506. The third-order valence-electron chi connectivity index (χ3n) is 3.88. The van der Waals surface area contributed by atoms with Gasteiger partial charge in [0.15, 0.2) is 0 Å². The van der Waals surface area contributed by atoms with Crippen molar-refractivity contribution in [2.24, 2.45) is 5.92 Å². The lowest BCUT2D eigenvalue weighted by atomic mass is 10.0. The number of unbranched alkanes of at least 4 members (excludes halogenated alkanes) is 1. The van der Waals surface area contributed by atoms with Crippen LogP contribution in [0.3, 0.4) is 0 Å². The van der Waals surface area contributed by atoms with Gasteiger partial charge in [-0.2, -0.15) is 0 Å². The minimum atomic E-state index is 0.383. The van der Waals surface area contributed by atoms with E-state index in [1.165, 1.54) is 38.5 Å². The monoisotopic (exact) mass is 242 g/mol. The van der Waals surface area contributed by atoms with E-state index in [0.717, 1.165) is 11.6 Å². The average Bonchev–Trinajstić information content (AvgIpc) is 2.30. The second-order valence-electron chi connectivity index (χ2n) is 5.86. The van der Waals surface area contributed by atoms with Crippen LogP contribution in [0.4, 0.5) is 0 Å². The first-order chi connectivity index (χ1) is 7.74. The van der Waals surface area contributed by atoms with E-state index in [2.05, 4.69) is 20.8 Å². The minimum absolute atomic E-state index is 0.383. The molecule has 0 aromatic heterocycles. The molecular formula is C15H31P. The number of hydrogen-bond acceptors (Lipinski definition) is 0. The lowest BCUT2D eigenvalue weighted by Gasteiger charge is -2.31. The van der Waals surface area contributed by atoms with Gasteiger partial charge in [-0.15, -0.1) is 7.92 Å². The second kappa shape index (κ2) is 8.51. The fourth-order valence-electron chi connectivity index (χ4n) is 2.71. The van der Waals surface area contributed by atoms with Crippen LogP contribution in [0.25, 0.3) is 0 Å². The Labute approximate surface area is 104 Å². The molecule has 0 bridgehead atoms. The first-order valence-electron chi connectivity index (χ1n) is 7.48. The van der Waals surface area contributed by atoms with Crippen molar-refractivity contribution in [3.05, 3.63) is 0 Å². The summed E-state index contributed by atoms with van der Waals surface area (Å²) in [6.45, 7) is 7.11. The maximum absolute atomic E-state index is 2.38. The highest BCUT2D eigenvalue weighted by molar-refractivity contribution is 7.58. The molecule has 0 spiro atoms. The Morgan fingerprint density at radius 2 is 1.75 bits per heavy atom. The van der Waals surface area contributed by atoms with Crippen molar-refractivity contribution in [3.8, 4) is 0 Å². The van der Waals surface area contributed by atoms with Crippen LogP contribution in [0.1, 0.15) is 72.1 Å². The molecule has 1 fully saturated rings. The normalized spacial score (nSPS) is 20.2. The summed E-state index contributed by atoms with van der Waals surface area (Å²) in [6, 6.07) is 0. The molecular weight excluding hydrogens is 211 g/mol. The maximum atomic E-state index is 2.38. The molecule has 0 amide bonds. The predicted molar refractivity (Wildman–Crippen MR) is 77.9 cm³/mol. The molecule has 1 atom stereocenters. The third kappa shape index (κ3) is 5.67. The van der Waals surface area contributed by atoms with Gasteiger partial charge >= 0.3 is 0 Å². The molecule has 0 radical (unpaired) electrons. The lowest BCUT2D eigenvalue weighted by molar-refractivity contribution is 0.508. The Kier molecular flexibility index (Phi) is 7.71. The van der Waals surface area contributed by atoms with Gasteiger partial charge in [0.25, 0.3) is 0 Å². The molecule has 0 nitrogen and oxygen atoms in total. The third-order valence-corrected chi connectivity index (χ3v) is 7.16. The number of rotatable bonds is 7. The molecule has 1 unspecified atom stereocenters. The SMILES string of the molecule is CCCCP(CCC(C)C)C1CCCCC1. The van der Waals surface area contributed by atoms with Crippen molar-refractivity contribution in [1.82, 2.24) is 0 Å². The first-order valence-corrected chi connectivity index (χ1v) is 9.26. The van der Waals surface area contributed by atoms with Gasteiger partial charge in [0, 0.05) is 0 Å². The van der Waals surface area contributed by atoms with Crippen LogP contribution in [0.15, 0.2) is 0 Å². The molecule has 0 aromatic carbocycles. The molecule has 0 aromatic rings. The van der Waals surface area contributed by atoms with Crippen molar-refractivity contribution < 1.29 is 0 Å². The van der Waals surface area contributed by atoms with Crippen LogP contribution in [0, 0.1) is 5.92 Å². The smallest absolute Gasteiger partial charge is 0.0209 e. The highest BCUT2D eigenvalue weighted by Crippen LogP contribution is 2.49. The van der Waals surface area contributed by atoms with Crippen LogP contribution < -0.4 is 0 Å². The van der Waals surface area contributed by atoms with E-state index in [9.17, 15) is 0 Å². The summed E-state index contributed by atoms with van der Waals surface area (Å²) >= 11 is 0. The molecule has 96 valence electrons.